The van der Waals surface area contributed by atoms with Crippen molar-refractivity contribution in [3.63, 3.8) is 0 Å². The van der Waals surface area contributed by atoms with Gasteiger partial charge >= 0.3 is 0 Å². The molecule has 0 saturated carbocycles. The van der Waals surface area contributed by atoms with Gasteiger partial charge < -0.3 is 9.55 Å². The summed E-state index contributed by atoms with van der Waals surface area (Å²) in [6.07, 6.45) is 4.79. The van der Waals surface area contributed by atoms with Crippen LogP contribution in [-0.2, 0) is 26.4 Å². The summed E-state index contributed by atoms with van der Waals surface area (Å²) in [5, 5.41) is 7.73. The molecule has 0 amide bonds. The van der Waals surface area contributed by atoms with Gasteiger partial charge in [0.15, 0.2) is 10.4 Å². The van der Waals surface area contributed by atoms with Crippen LogP contribution in [0.25, 0.3) is 11.2 Å². The highest BCUT2D eigenvalue weighted by molar-refractivity contribution is 7.71. The molecule has 1 N–H and O–H groups in total. The van der Waals surface area contributed by atoms with E-state index in [4.69, 9.17) is 12.2 Å². The van der Waals surface area contributed by atoms with E-state index in [1.165, 1.54) is 0 Å². The number of aromatic amines is 1. The molecule has 0 radical (unpaired) electrons. The number of nitrogens with zero attached hydrogens (tertiary/aromatic N) is 4. The normalized spacial score (nSPS) is 11.5. The van der Waals surface area contributed by atoms with Gasteiger partial charge in [0.05, 0.1) is 10.7 Å². The van der Waals surface area contributed by atoms with E-state index in [2.05, 4.69) is 26.6 Å². The molecule has 0 aliphatic carbocycles. The number of thiazole rings is 1. The fourth-order valence-corrected chi connectivity index (χ4v) is 3.37. The number of hydrogen-bond acceptors (Lipinski definition) is 4. The van der Waals surface area contributed by atoms with Crippen molar-refractivity contribution >= 4 is 34.7 Å². The minimum absolute atomic E-state index is 0.766. The van der Waals surface area contributed by atoms with E-state index >= 15 is 0 Å². The Morgan fingerprint density at radius 2 is 2.25 bits per heavy atom. The van der Waals surface area contributed by atoms with Gasteiger partial charge in [0.2, 0.25) is 0 Å². The molecule has 0 aliphatic rings. The monoisotopic (exact) mass is 307 g/mol. The minimum Gasteiger partial charge on any atom is -0.328 e. The molecule has 0 saturated heterocycles. The summed E-state index contributed by atoms with van der Waals surface area (Å²) >= 11 is 7.14. The number of hydrogen-bond donors (Lipinski definition) is 1. The molecular formula is C13H17N5S2. The van der Waals surface area contributed by atoms with Gasteiger partial charge in [-0.15, -0.1) is 11.3 Å². The second-order valence-electron chi connectivity index (χ2n) is 4.78. The van der Waals surface area contributed by atoms with Crippen molar-refractivity contribution in [2.45, 2.75) is 32.7 Å². The van der Waals surface area contributed by atoms with Crippen LogP contribution < -0.4 is 0 Å². The van der Waals surface area contributed by atoms with E-state index in [-0.39, 0.29) is 0 Å². The van der Waals surface area contributed by atoms with Crippen LogP contribution in [0.2, 0.25) is 0 Å². The highest BCUT2D eigenvalue weighted by Crippen LogP contribution is 2.19. The molecule has 0 spiro atoms. The smallest absolute Gasteiger partial charge is 0.179 e. The number of H-pyrrole nitrogens is 1. The fraction of sp³-hybridized carbons (Fsp3) is 0.462. The third-order valence-corrected chi connectivity index (χ3v) is 4.50. The summed E-state index contributed by atoms with van der Waals surface area (Å²) in [7, 11) is 1.98. The van der Waals surface area contributed by atoms with Crippen molar-refractivity contribution in [2.24, 2.45) is 7.05 Å². The van der Waals surface area contributed by atoms with Crippen molar-refractivity contribution in [3.8, 4) is 0 Å². The molecule has 3 aromatic rings. The summed E-state index contributed by atoms with van der Waals surface area (Å²) in [5.41, 5.74) is 3.26. The number of nitrogens with one attached hydrogen (secondary N) is 1. The van der Waals surface area contributed by atoms with Gasteiger partial charge in [-0.05, 0) is 18.6 Å². The zero-order valence-electron chi connectivity index (χ0n) is 11.6. The second kappa shape index (κ2) is 5.49. The molecule has 20 heavy (non-hydrogen) atoms. The van der Waals surface area contributed by atoms with E-state index in [1.807, 2.05) is 23.3 Å². The Morgan fingerprint density at radius 3 is 2.95 bits per heavy atom. The number of aromatic nitrogens is 5. The highest BCUT2D eigenvalue weighted by Gasteiger charge is 2.14. The maximum atomic E-state index is 5.45. The molecule has 106 valence electrons. The molecule has 0 unspecified atom stereocenters. The average Bonchev–Trinajstić information content (AvgIpc) is 3.08. The van der Waals surface area contributed by atoms with Crippen molar-refractivity contribution < 1.29 is 0 Å². The lowest BCUT2D eigenvalue weighted by atomic mass is 10.2. The molecule has 0 aliphatic heterocycles. The van der Waals surface area contributed by atoms with Gasteiger partial charge in [-0.25, -0.2) is 4.98 Å². The lowest BCUT2D eigenvalue weighted by molar-refractivity contribution is 0.659. The third kappa shape index (κ3) is 2.31. The Morgan fingerprint density at radius 1 is 1.40 bits per heavy atom. The number of aryl methyl sites for hydroxylation is 4. The molecule has 0 aromatic carbocycles. The first kappa shape index (κ1) is 13.5. The van der Waals surface area contributed by atoms with Crippen LogP contribution in [0.3, 0.4) is 0 Å². The van der Waals surface area contributed by atoms with Crippen LogP contribution in [0, 0.1) is 4.77 Å². The molecule has 3 heterocycles. The van der Waals surface area contributed by atoms with Crippen molar-refractivity contribution in [1.82, 2.24) is 24.3 Å². The second-order valence-corrected chi connectivity index (χ2v) is 6.14. The number of fused-ring (bicyclic) bond motifs is 1. The van der Waals surface area contributed by atoms with Gasteiger partial charge in [-0.2, -0.15) is 5.10 Å². The predicted octanol–water partition coefficient (Wildman–Crippen LogP) is 3.08. The van der Waals surface area contributed by atoms with Gasteiger partial charge in [0, 0.05) is 31.6 Å². The van der Waals surface area contributed by atoms with E-state index in [0.717, 1.165) is 52.4 Å². The van der Waals surface area contributed by atoms with Crippen LogP contribution >= 0.6 is 23.6 Å². The van der Waals surface area contributed by atoms with E-state index in [9.17, 15) is 0 Å². The average molecular weight is 307 g/mol. The van der Waals surface area contributed by atoms with E-state index in [0.29, 0.717) is 0 Å². The standard InChI is InChI=1S/C13H17N5S2/c1-3-4-9-11-12(17(2)16-9)18(13(19)15-11)7-5-10-14-6-8-20-10/h6,8H,3-5,7H2,1-2H3,(H,15,19). The van der Waals surface area contributed by atoms with Crippen LogP contribution in [-0.4, -0.2) is 24.3 Å². The summed E-state index contributed by atoms with van der Waals surface area (Å²) in [6.45, 7) is 2.99. The summed E-state index contributed by atoms with van der Waals surface area (Å²) in [4.78, 5) is 7.63. The Labute approximate surface area is 126 Å². The zero-order chi connectivity index (χ0) is 14.1. The maximum absolute atomic E-state index is 5.45. The molecular weight excluding hydrogens is 290 g/mol. The SMILES string of the molecule is CCCc1nn(C)c2c1[nH]c(=S)n2CCc1nccs1. The Kier molecular flexibility index (Phi) is 3.71. The summed E-state index contributed by atoms with van der Waals surface area (Å²) in [6, 6.07) is 0. The van der Waals surface area contributed by atoms with Gasteiger partial charge in [-0.1, -0.05) is 13.3 Å². The summed E-state index contributed by atoms with van der Waals surface area (Å²) < 4.78 is 4.81. The van der Waals surface area contributed by atoms with Crippen molar-refractivity contribution in [3.05, 3.63) is 27.0 Å². The van der Waals surface area contributed by atoms with Crippen LogP contribution in [0.4, 0.5) is 0 Å². The number of rotatable bonds is 5. The van der Waals surface area contributed by atoms with E-state index in [1.54, 1.807) is 11.3 Å². The zero-order valence-corrected chi connectivity index (χ0v) is 13.2. The van der Waals surface area contributed by atoms with Gasteiger partial charge in [-0.3, -0.25) is 4.68 Å². The highest BCUT2D eigenvalue weighted by atomic mass is 32.1. The fourth-order valence-electron chi connectivity index (χ4n) is 2.48. The lowest BCUT2D eigenvalue weighted by Crippen LogP contribution is -2.05. The summed E-state index contributed by atoms with van der Waals surface area (Å²) in [5.74, 6) is 0. The van der Waals surface area contributed by atoms with Crippen LogP contribution in [0.5, 0.6) is 0 Å². The molecule has 0 fully saturated rings. The Hall–Kier alpha value is -1.47. The van der Waals surface area contributed by atoms with Crippen LogP contribution in [0.1, 0.15) is 24.0 Å². The molecule has 0 bridgehead atoms. The quantitative estimate of drug-likeness (QED) is 0.737. The van der Waals surface area contributed by atoms with Gasteiger partial charge in [0.25, 0.3) is 0 Å². The third-order valence-electron chi connectivity index (χ3n) is 3.34. The van der Waals surface area contributed by atoms with Crippen LogP contribution in [0.15, 0.2) is 11.6 Å². The van der Waals surface area contributed by atoms with Crippen molar-refractivity contribution in [1.29, 1.82) is 0 Å². The first-order valence-electron chi connectivity index (χ1n) is 6.73. The lowest BCUT2D eigenvalue weighted by Gasteiger charge is -2.03. The predicted molar refractivity (Wildman–Crippen MR) is 83.7 cm³/mol. The Balaban J connectivity index is 1.98. The minimum atomic E-state index is 0.766. The molecule has 0 atom stereocenters. The molecule has 5 nitrogen and oxygen atoms in total. The largest absolute Gasteiger partial charge is 0.328 e. The maximum Gasteiger partial charge on any atom is 0.179 e. The van der Waals surface area contributed by atoms with Crippen molar-refractivity contribution in [2.75, 3.05) is 0 Å². The Bertz CT molecular complexity index is 763. The molecule has 3 rings (SSSR count). The molecule has 7 heteroatoms. The first-order valence-corrected chi connectivity index (χ1v) is 8.02. The number of imidazole rings is 1. The molecule has 3 aromatic heterocycles. The topological polar surface area (TPSA) is 51.4 Å². The first-order chi connectivity index (χ1) is 9.70. The van der Waals surface area contributed by atoms with Gasteiger partial charge in [0.1, 0.15) is 5.52 Å². The van der Waals surface area contributed by atoms with E-state index < -0.39 is 0 Å².